The van der Waals surface area contributed by atoms with Gasteiger partial charge in [0.25, 0.3) is 0 Å². The second kappa shape index (κ2) is 1.79. The summed E-state index contributed by atoms with van der Waals surface area (Å²) >= 11 is 0. The number of carbonyl (C=O) groups is 1. The van der Waals surface area contributed by atoms with Crippen molar-refractivity contribution in [3.8, 4) is 0 Å². The molecule has 0 amide bonds. The van der Waals surface area contributed by atoms with Gasteiger partial charge in [-0.25, -0.2) is 0 Å². The van der Waals surface area contributed by atoms with Crippen LogP contribution >= 0.6 is 0 Å². The van der Waals surface area contributed by atoms with Crippen molar-refractivity contribution in [2.75, 3.05) is 0 Å². The fourth-order valence-corrected chi connectivity index (χ4v) is 3.23. The standard InChI is InChI=1S/C9H12O2/c10-9-4-6-1-5-2-7(6)8(3-5)11-9/h5-8H,1-4H2/t5-,6-,7+,8+/m0/s1. The fourth-order valence-electron chi connectivity index (χ4n) is 3.23. The van der Waals surface area contributed by atoms with Crippen LogP contribution < -0.4 is 0 Å². The molecule has 0 aromatic carbocycles. The van der Waals surface area contributed by atoms with Crippen LogP contribution in [0.2, 0.25) is 0 Å². The highest BCUT2D eigenvalue weighted by atomic mass is 16.5. The fraction of sp³-hybridized carbons (Fsp3) is 0.889. The number of fused-ring (bicyclic) bond motifs is 1. The van der Waals surface area contributed by atoms with Gasteiger partial charge in [0.15, 0.2) is 0 Å². The predicted octanol–water partition coefficient (Wildman–Crippen LogP) is 1.35. The lowest BCUT2D eigenvalue weighted by Crippen LogP contribution is -2.36. The third-order valence-corrected chi connectivity index (χ3v) is 3.60. The Hall–Kier alpha value is -0.530. The van der Waals surface area contributed by atoms with Gasteiger partial charge in [-0.1, -0.05) is 0 Å². The molecule has 2 nitrogen and oxygen atoms in total. The van der Waals surface area contributed by atoms with Crippen molar-refractivity contribution in [3.05, 3.63) is 0 Å². The Kier molecular flexibility index (Phi) is 0.984. The molecule has 3 aliphatic rings. The van der Waals surface area contributed by atoms with Crippen LogP contribution in [0.15, 0.2) is 0 Å². The van der Waals surface area contributed by atoms with Gasteiger partial charge < -0.3 is 4.74 Å². The van der Waals surface area contributed by atoms with E-state index in [0.29, 0.717) is 18.4 Å². The summed E-state index contributed by atoms with van der Waals surface area (Å²) in [4.78, 5) is 11.0. The number of rotatable bonds is 0. The minimum atomic E-state index is 0.0524. The molecule has 2 aliphatic carbocycles. The summed E-state index contributed by atoms with van der Waals surface area (Å²) in [6.45, 7) is 0. The van der Waals surface area contributed by atoms with Gasteiger partial charge in [-0.15, -0.1) is 0 Å². The van der Waals surface area contributed by atoms with Crippen molar-refractivity contribution in [1.29, 1.82) is 0 Å². The van der Waals surface area contributed by atoms with Crippen LogP contribution in [0.4, 0.5) is 0 Å². The second-order valence-electron chi connectivity index (χ2n) is 4.23. The summed E-state index contributed by atoms with van der Waals surface area (Å²) in [5.74, 6) is 2.39. The average molecular weight is 152 g/mol. The first kappa shape index (κ1) is 6.04. The molecular weight excluding hydrogens is 140 g/mol. The van der Waals surface area contributed by atoms with Crippen molar-refractivity contribution < 1.29 is 9.53 Å². The molecule has 0 spiro atoms. The maximum Gasteiger partial charge on any atom is 0.306 e. The maximum absolute atomic E-state index is 11.0. The summed E-state index contributed by atoms with van der Waals surface area (Å²) < 4.78 is 5.27. The normalized spacial score (nSPS) is 52.9. The summed E-state index contributed by atoms with van der Waals surface area (Å²) in [7, 11) is 0. The molecule has 2 heteroatoms. The van der Waals surface area contributed by atoms with E-state index in [1.165, 1.54) is 12.8 Å². The Labute approximate surface area is 65.9 Å². The molecular formula is C9H12O2. The molecule has 0 aromatic heterocycles. The monoisotopic (exact) mass is 152 g/mol. The van der Waals surface area contributed by atoms with E-state index in [1.54, 1.807) is 0 Å². The minimum Gasteiger partial charge on any atom is -0.462 e. The predicted molar refractivity (Wildman–Crippen MR) is 38.8 cm³/mol. The molecule has 11 heavy (non-hydrogen) atoms. The maximum atomic E-state index is 11.0. The largest absolute Gasteiger partial charge is 0.462 e. The molecule has 0 aromatic rings. The van der Waals surface area contributed by atoms with Gasteiger partial charge in [0.2, 0.25) is 0 Å². The topological polar surface area (TPSA) is 26.3 Å². The smallest absolute Gasteiger partial charge is 0.306 e. The lowest BCUT2D eigenvalue weighted by atomic mass is 9.82. The molecule has 3 fully saturated rings. The van der Waals surface area contributed by atoms with Crippen molar-refractivity contribution in [1.82, 2.24) is 0 Å². The highest BCUT2D eigenvalue weighted by Gasteiger charge is 2.51. The highest BCUT2D eigenvalue weighted by Crippen LogP contribution is 2.53. The summed E-state index contributed by atoms with van der Waals surface area (Å²) in [6.07, 6.45) is 4.82. The first-order chi connectivity index (χ1) is 5.33. The van der Waals surface area contributed by atoms with Gasteiger partial charge >= 0.3 is 5.97 Å². The first-order valence-electron chi connectivity index (χ1n) is 4.52. The van der Waals surface area contributed by atoms with Crippen LogP contribution in [0.3, 0.4) is 0 Å². The van der Waals surface area contributed by atoms with Gasteiger partial charge in [0.1, 0.15) is 6.10 Å². The van der Waals surface area contributed by atoms with E-state index in [2.05, 4.69) is 0 Å². The van der Waals surface area contributed by atoms with Crippen molar-refractivity contribution >= 4 is 5.97 Å². The average Bonchev–Trinajstić information content (AvgIpc) is 2.41. The number of carbonyl (C=O) groups excluding carboxylic acids is 1. The zero-order chi connectivity index (χ0) is 7.42. The van der Waals surface area contributed by atoms with Crippen LogP contribution in [0.1, 0.15) is 25.7 Å². The molecule has 1 heterocycles. The molecule has 2 saturated carbocycles. The quantitative estimate of drug-likeness (QED) is 0.490. The van der Waals surface area contributed by atoms with E-state index < -0.39 is 0 Å². The lowest BCUT2D eigenvalue weighted by molar-refractivity contribution is -0.162. The van der Waals surface area contributed by atoms with Crippen LogP contribution in [0.5, 0.6) is 0 Å². The first-order valence-corrected chi connectivity index (χ1v) is 4.52. The zero-order valence-electron chi connectivity index (χ0n) is 6.45. The molecule has 2 bridgehead atoms. The van der Waals surface area contributed by atoms with Crippen molar-refractivity contribution in [2.45, 2.75) is 31.8 Å². The van der Waals surface area contributed by atoms with Gasteiger partial charge in [0.05, 0.1) is 0 Å². The Balaban J connectivity index is 1.92. The number of hydrogen-bond donors (Lipinski definition) is 0. The van der Waals surface area contributed by atoms with Crippen LogP contribution in [0, 0.1) is 17.8 Å². The highest BCUT2D eigenvalue weighted by molar-refractivity contribution is 5.71. The molecule has 0 unspecified atom stereocenters. The van der Waals surface area contributed by atoms with E-state index in [-0.39, 0.29) is 5.97 Å². The van der Waals surface area contributed by atoms with Crippen molar-refractivity contribution in [2.24, 2.45) is 17.8 Å². The molecule has 4 atom stereocenters. The van der Waals surface area contributed by atoms with E-state index in [1.807, 2.05) is 0 Å². The lowest BCUT2D eigenvalue weighted by Gasteiger charge is -2.33. The molecule has 3 rings (SSSR count). The van der Waals surface area contributed by atoms with E-state index in [0.717, 1.165) is 18.3 Å². The van der Waals surface area contributed by atoms with Gasteiger partial charge in [-0.05, 0) is 37.0 Å². The van der Waals surface area contributed by atoms with E-state index in [4.69, 9.17) is 4.74 Å². The SMILES string of the molecule is O=C1C[C@@H]2C[C@H]3C[C@H]2[C@@H](C3)O1. The third-order valence-electron chi connectivity index (χ3n) is 3.60. The molecule has 0 N–H and O–H groups in total. The van der Waals surface area contributed by atoms with Crippen molar-refractivity contribution in [3.63, 3.8) is 0 Å². The third kappa shape index (κ3) is 0.700. The number of esters is 1. The zero-order valence-corrected chi connectivity index (χ0v) is 6.45. The van der Waals surface area contributed by atoms with Gasteiger partial charge in [-0.3, -0.25) is 4.79 Å². The molecule has 1 aliphatic heterocycles. The number of hydrogen-bond acceptors (Lipinski definition) is 2. The van der Waals surface area contributed by atoms with Crippen LogP contribution in [0.25, 0.3) is 0 Å². The minimum absolute atomic E-state index is 0.0524. The van der Waals surface area contributed by atoms with E-state index in [9.17, 15) is 4.79 Å². The Bertz CT molecular complexity index is 194. The van der Waals surface area contributed by atoms with Gasteiger partial charge in [0, 0.05) is 6.42 Å². The second-order valence-corrected chi connectivity index (χ2v) is 4.23. The Morgan fingerprint density at radius 1 is 1.27 bits per heavy atom. The summed E-state index contributed by atoms with van der Waals surface area (Å²) in [5.41, 5.74) is 0. The summed E-state index contributed by atoms with van der Waals surface area (Å²) in [5, 5.41) is 0. The number of ether oxygens (including phenoxy) is 1. The Morgan fingerprint density at radius 2 is 2.18 bits per heavy atom. The Morgan fingerprint density at radius 3 is 2.91 bits per heavy atom. The van der Waals surface area contributed by atoms with Crippen LogP contribution in [-0.2, 0) is 9.53 Å². The van der Waals surface area contributed by atoms with E-state index >= 15 is 0 Å². The van der Waals surface area contributed by atoms with Crippen LogP contribution in [-0.4, -0.2) is 12.1 Å². The van der Waals surface area contributed by atoms with Gasteiger partial charge in [-0.2, -0.15) is 0 Å². The summed E-state index contributed by atoms with van der Waals surface area (Å²) in [6, 6.07) is 0. The molecule has 60 valence electrons. The molecule has 0 radical (unpaired) electrons. The molecule has 1 saturated heterocycles.